The van der Waals surface area contributed by atoms with E-state index in [4.69, 9.17) is 16.1 Å². The maximum absolute atomic E-state index is 13.0. The van der Waals surface area contributed by atoms with E-state index in [9.17, 15) is 18.0 Å². The van der Waals surface area contributed by atoms with Gasteiger partial charge in [-0.2, -0.15) is 18.2 Å². The second-order valence-electron chi connectivity index (χ2n) is 8.11. The predicted octanol–water partition coefficient (Wildman–Crippen LogP) is 5.57. The molecule has 3 aromatic rings. The van der Waals surface area contributed by atoms with Crippen LogP contribution in [0.5, 0.6) is 0 Å². The number of benzene rings is 2. The van der Waals surface area contributed by atoms with E-state index in [1.807, 2.05) is 31.2 Å². The lowest BCUT2D eigenvalue weighted by Crippen LogP contribution is -2.37. The molecule has 4 rings (SSSR count). The number of carbonyl (C=O) groups is 1. The number of hydrogen-bond acceptors (Lipinski definition) is 5. The molecule has 174 valence electrons. The lowest BCUT2D eigenvalue weighted by molar-refractivity contribution is -0.137. The summed E-state index contributed by atoms with van der Waals surface area (Å²) >= 11 is 5.98. The van der Waals surface area contributed by atoms with Crippen molar-refractivity contribution in [2.24, 2.45) is 5.92 Å². The maximum Gasteiger partial charge on any atom is 0.416 e. The Hall–Kier alpha value is -2.91. The van der Waals surface area contributed by atoms with Crippen LogP contribution >= 0.6 is 11.6 Å². The summed E-state index contributed by atoms with van der Waals surface area (Å²) in [5, 5.41) is 6.66. The molecular formula is C23H22ClF3N4O2. The first kappa shape index (κ1) is 23.3. The highest BCUT2D eigenvalue weighted by molar-refractivity contribution is 6.33. The standard InChI is InChI=1S/C23H22ClF3N4O2/c1-14-3-2-4-16(11-14)21-29-20(33-30-21)13-31-9-7-15(8-10-31)22(32)28-19-12-17(23(25,26)27)5-6-18(19)24/h2-6,11-12,15H,7-10,13H2,1H3,(H,28,32). The first-order chi connectivity index (χ1) is 15.7. The molecule has 0 unspecified atom stereocenters. The third-order valence-electron chi connectivity index (χ3n) is 5.61. The van der Waals surface area contributed by atoms with Crippen molar-refractivity contribution in [3.63, 3.8) is 0 Å². The SMILES string of the molecule is Cc1cccc(-c2noc(CN3CCC(C(=O)Nc4cc(C(F)(F)F)ccc4Cl)CC3)n2)c1. The summed E-state index contributed by atoms with van der Waals surface area (Å²) in [6.07, 6.45) is -3.40. The molecule has 33 heavy (non-hydrogen) atoms. The van der Waals surface area contributed by atoms with E-state index < -0.39 is 11.7 Å². The average molecular weight is 479 g/mol. The lowest BCUT2D eigenvalue weighted by atomic mass is 9.95. The number of aromatic nitrogens is 2. The van der Waals surface area contributed by atoms with E-state index in [-0.39, 0.29) is 22.5 Å². The summed E-state index contributed by atoms with van der Waals surface area (Å²) in [5.74, 6) is 0.360. The van der Waals surface area contributed by atoms with E-state index >= 15 is 0 Å². The monoisotopic (exact) mass is 478 g/mol. The molecule has 1 fully saturated rings. The molecule has 1 N–H and O–H groups in total. The minimum Gasteiger partial charge on any atom is -0.338 e. The van der Waals surface area contributed by atoms with Gasteiger partial charge in [0.05, 0.1) is 22.8 Å². The van der Waals surface area contributed by atoms with Crippen LogP contribution in [0.4, 0.5) is 18.9 Å². The maximum atomic E-state index is 13.0. The smallest absolute Gasteiger partial charge is 0.338 e. The number of amides is 1. The number of carbonyl (C=O) groups excluding carboxylic acids is 1. The Kier molecular flexibility index (Phi) is 6.71. The second-order valence-corrected chi connectivity index (χ2v) is 8.52. The van der Waals surface area contributed by atoms with E-state index in [1.54, 1.807) is 0 Å². The van der Waals surface area contributed by atoms with Gasteiger partial charge in [0, 0.05) is 11.5 Å². The Balaban J connectivity index is 1.32. The topological polar surface area (TPSA) is 71.3 Å². The van der Waals surface area contributed by atoms with Crippen LogP contribution in [0.25, 0.3) is 11.4 Å². The third-order valence-corrected chi connectivity index (χ3v) is 5.94. The number of halogens is 4. The molecule has 2 heterocycles. The molecule has 1 saturated heterocycles. The Morgan fingerprint density at radius 3 is 2.67 bits per heavy atom. The van der Waals surface area contributed by atoms with E-state index in [1.165, 1.54) is 0 Å². The van der Waals surface area contributed by atoms with Gasteiger partial charge in [0.2, 0.25) is 17.6 Å². The Labute approximate surface area is 193 Å². The molecule has 0 aliphatic carbocycles. The van der Waals surface area contributed by atoms with Crippen molar-refractivity contribution in [3.05, 3.63) is 64.5 Å². The van der Waals surface area contributed by atoms with Crippen molar-refractivity contribution in [1.82, 2.24) is 15.0 Å². The fraction of sp³-hybridized carbons (Fsp3) is 0.348. The summed E-state index contributed by atoms with van der Waals surface area (Å²) in [5.41, 5.74) is 1.09. The molecule has 2 aromatic carbocycles. The Bertz CT molecular complexity index is 1140. The van der Waals surface area contributed by atoms with Gasteiger partial charge in [0.25, 0.3) is 0 Å². The lowest BCUT2D eigenvalue weighted by Gasteiger charge is -2.30. The summed E-state index contributed by atoms with van der Waals surface area (Å²) in [4.78, 5) is 19.2. The first-order valence-corrected chi connectivity index (χ1v) is 10.9. The van der Waals surface area contributed by atoms with Gasteiger partial charge in [-0.3, -0.25) is 9.69 Å². The first-order valence-electron chi connectivity index (χ1n) is 10.5. The molecule has 0 radical (unpaired) electrons. The van der Waals surface area contributed by atoms with Gasteiger partial charge >= 0.3 is 6.18 Å². The van der Waals surface area contributed by atoms with Gasteiger partial charge in [-0.15, -0.1) is 0 Å². The molecule has 1 aliphatic rings. The molecule has 1 amide bonds. The number of anilines is 1. The summed E-state index contributed by atoms with van der Waals surface area (Å²) < 4.78 is 44.2. The fourth-order valence-corrected chi connectivity index (χ4v) is 3.96. The number of nitrogens with zero attached hydrogens (tertiary/aromatic N) is 3. The predicted molar refractivity (Wildman–Crippen MR) is 118 cm³/mol. The van der Waals surface area contributed by atoms with Crippen molar-refractivity contribution >= 4 is 23.2 Å². The molecule has 0 saturated carbocycles. The number of likely N-dealkylation sites (tertiary alicyclic amines) is 1. The van der Waals surface area contributed by atoms with Crippen LogP contribution in [0.2, 0.25) is 5.02 Å². The zero-order valence-electron chi connectivity index (χ0n) is 17.8. The number of hydrogen-bond donors (Lipinski definition) is 1. The molecule has 10 heteroatoms. The van der Waals surface area contributed by atoms with Crippen LogP contribution in [-0.4, -0.2) is 34.0 Å². The van der Waals surface area contributed by atoms with Gasteiger partial charge in [-0.1, -0.05) is 40.5 Å². The summed E-state index contributed by atoms with van der Waals surface area (Å²) in [6, 6.07) is 10.7. The van der Waals surface area contributed by atoms with Crippen LogP contribution in [0.3, 0.4) is 0 Å². The third kappa shape index (κ3) is 5.72. The van der Waals surface area contributed by atoms with E-state index in [0.717, 1.165) is 29.3 Å². The van der Waals surface area contributed by atoms with Gasteiger partial charge < -0.3 is 9.84 Å². The minimum atomic E-state index is -4.51. The van der Waals surface area contributed by atoms with Gasteiger partial charge in [0.15, 0.2) is 0 Å². The van der Waals surface area contributed by atoms with Crippen LogP contribution in [-0.2, 0) is 17.5 Å². The van der Waals surface area contributed by atoms with Crippen molar-refractivity contribution in [1.29, 1.82) is 0 Å². The zero-order valence-corrected chi connectivity index (χ0v) is 18.6. The molecule has 0 spiro atoms. The van der Waals surface area contributed by atoms with Gasteiger partial charge in [-0.05, 0) is 57.1 Å². The highest BCUT2D eigenvalue weighted by Gasteiger charge is 2.32. The second kappa shape index (κ2) is 9.52. The number of nitrogens with one attached hydrogen (secondary N) is 1. The number of rotatable bonds is 5. The number of alkyl halides is 3. The molecule has 0 bridgehead atoms. The highest BCUT2D eigenvalue weighted by Crippen LogP contribution is 2.34. The van der Waals surface area contributed by atoms with Gasteiger partial charge in [0.1, 0.15) is 0 Å². The minimum absolute atomic E-state index is 0.0338. The summed E-state index contributed by atoms with van der Waals surface area (Å²) in [7, 11) is 0. The number of piperidine rings is 1. The van der Waals surface area contributed by atoms with Gasteiger partial charge in [-0.25, -0.2) is 0 Å². The van der Waals surface area contributed by atoms with Crippen molar-refractivity contribution < 1.29 is 22.5 Å². The van der Waals surface area contributed by atoms with E-state index in [2.05, 4.69) is 20.4 Å². The van der Waals surface area contributed by atoms with Crippen LogP contribution in [0, 0.1) is 12.8 Å². The van der Waals surface area contributed by atoms with E-state index in [0.29, 0.717) is 44.2 Å². The fourth-order valence-electron chi connectivity index (χ4n) is 3.80. The quantitative estimate of drug-likeness (QED) is 0.519. The molecule has 1 aromatic heterocycles. The zero-order chi connectivity index (χ0) is 23.6. The van der Waals surface area contributed by atoms with Crippen molar-refractivity contribution in [2.75, 3.05) is 18.4 Å². The molecular weight excluding hydrogens is 457 g/mol. The van der Waals surface area contributed by atoms with Crippen molar-refractivity contribution in [2.45, 2.75) is 32.5 Å². The van der Waals surface area contributed by atoms with Crippen LogP contribution in [0.1, 0.15) is 29.9 Å². The van der Waals surface area contributed by atoms with Crippen LogP contribution in [0.15, 0.2) is 47.0 Å². The largest absolute Gasteiger partial charge is 0.416 e. The Morgan fingerprint density at radius 1 is 1.21 bits per heavy atom. The molecule has 1 aliphatic heterocycles. The van der Waals surface area contributed by atoms with Crippen LogP contribution < -0.4 is 5.32 Å². The molecule has 6 nitrogen and oxygen atoms in total. The molecule has 0 atom stereocenters. The summed E-state index contributed by atoms with van der Waals surface area (Å²) in [6.45, 7) is 3.70. The van der Waals surface area contributed by atoms with Crippen molar-refractivity contribution in [3.8, 4) is 11.4 Å². The number of aryl methyl sites for hydroxylation is 1. The average Bonchev–Trinajstić information content (AvgIpc) is 3.23. The normalized spacial score (nSPS) is 15.5. The Morgan fingerprint density at radius 2 is 1.97 bits per heavy atom. The highest BCUT2D eigenvalue weighted by atomic mass is 35.5.